The maximum Gasteiger partial charge on any atom is 0.342 e. The van der Waals surface area contributed by atoms with E-state index in [1.54, 1.807) is 55.6 Å². The molecule has 0 aromatic heterocycles. The second-order valence-corrected chi connectivity index (χ2v) is 4.74. The first-order valence-electron chi connectivity index (χ1n) is 6.41. The van der Waals surface area contributed by atoms with Gasteiger partial charge in [0.2, 0.25) is 0 Å². The Bertz CT molecular complexity index is 688. The van der Waals surface area contributed by atoms with Crippen molar-refractivity contribution in [3.8, 4) is 5.75 Å². The van der Waals surface area contributed by atoms with Crippen LogP contribution in [0.1, 0.15) is 20.7 Å². The normalized spacial score (nSPS) is 10.5. The fraction of sp³-hybridized carbons (Fsp3) is 0.0588. The van der Waals surface area contributed by atoms with Gasteiger partial charge in [-0.2, -0.15) is 0 Å². The highest BCUT2D eigenvalue weighted by Crippen LogP contribution is 2.13. The van der Waals surface area contributed by atoms with Gasteiger partial charge in [-0.1, -0.05) is 11.6 Å². The fourth-order valence-corrected chi connectivity index (χ4v) is 1.79. The van der Waals surface area contributed by atoms with Gasteiger partial charge in [0, 0.05) is 16.7 Å². The molecule has 2 rings (SSSR count). The molecule has 5 heteroatoms. The highest BCUT2D eigenvalue weighted by atomic mass is 35.5. The number of allylic oxidation sites excluding steroid dienone is 1. The van der Waals surface area contributed by atoms with Crippen LogP contribution in [0.25, 0.3) is 0 Å². The van der Waals surface area contributed by atoms with Crippen molar-refractivity contribution in [3.05, 3.63) is 77.0 Å². The molecule has 0 bridgehead atoms. The number of halogens is 1. The lowest BCUT2D eigenvalue weighted by Gasteiger charge is -2.01. The maximum atomic E-state index is 11.9. The summed E-state index contributed by atoms with van der Waals surface area (Å²) in [6.45, 7) is 0. The predicted octanol–water partition coefficient (Wildman–Crippen LogP) is 3.90. The number of hydrogen-bond acceptors (Lipinski definition) is 4. The minimum absolute atomic E-state index is 0.272. The first kappa shape index (κ1) is 15.8. The standard InChI is InChI=1S/C17H13ClO4/c1-21-15-8-4-12(5-9-15)16(19)10-11-22-17(20)13-2-6-14(18)7-3-13/h2-11H,1H3. The number of hydrogen-bond donors (Lipinski definition) is 0. The molecule has 0 aliphatic carbocycles. The van der Waals surface area contributed by atoms with Gasteiger partial charge in [0.1, 0.15) is 5.75 Å². The van der Waals surface area contributed by atoms with E-state index in [-0.39, 0.29) is 5.78 Å². The van der Waals surface area contributed by atoms with Crippen LogP contribution in [-0.2, 0) is 4.74 Å². The molecule has 22 heavy (non-hydrogen) atoms. The number of carbonyl (C=O) groups excluding carboxylic acids is 2. The molecule has 0 atom stereocenters. The van der Waals surface area contributed by atoms with E-state index in [0.717, 1.165) is 6.26 Å². The average molecular weight is 317 g/mol. The van der Waals surface area contributed by atoms with Crippen molar-refractivity contribution >= 4 is 23.4 Å². The SMILES string of the molecule is COc1ccc(C(=O)C=COC(=O)c2ccc(Cl)cc2)cc1. The van der Waals surface area contributed by atoms with Gasteiger partial charge in [0.25, 0.3) is 0 Å². The van der Waals surface area contributed by atoms with E-state index in [1.807, 2.05) is 0 Å². The molecular weight excluding hydrogens is 304 g/mol. The third-order valence-electron chi connectivity index (χ3n) is 2.85. The third-order valence-corrected chi connectivity index (χ3v) is 3.10. The van der Waals surface area contributed by atoms with E-state index in [4.69, 9.17) is 21.1 Å². The average Bonchev–Trinajstić information content (AvgIpc) is 2.55. The van der Waals surface area contributed by atoms with Crippen LogP contribution in [0.4, 0.5) is 0 Å². The van der Waals surface area contributed by atoms with Crippen LogP contribution in [0, 0.1) is 0 Å². The van der Waals surface area contributed by atoms with Crippen molar-refractivity contribution < 1.29 is 19.1 Å². The number of esters is 1. The minimum Gasteiger partial charge on any atom is -0.497 e. The van der Waals surface area contributed by atoms with Crippen molar-refractivity contribution in [2.75, 3.05) is 7.11 Å². The molecule has 112 valence electrons. The summed E-state index contributed by atoms with van der Waals surface area (Å²) in [5, 5.41) is 0.529. The van der Waals surface area contributed by atoms with Gasteiger partial charge >= 0.3 is 5.97 Å². The van der Waals surface area contributed by atoms with Gasteiger partial charge in [-0.15, -0.1) is 0 Å². The lowest BCUT2D eigenvalue weighted by atomic mass is 10.1. The molecule has 0 heterocycles. The zero-order chi connectivity index (χ0) is 15.9. The highest BCUT2D eigenvalue weighted by Gasteiger charge is 2.06. The molecule has 4 nitrogen and oxygen atoms in total. The smallest absolute Gasteiger partial charge is 0.342 e. The molecule has 2 aromatic rings. The molecule has 0 aliphatic rings. The quantitative estimate of drug-likeness (QED) is 0.363. The molecule has 2 aromatic carbocycles. The van der Waals surface area contributed by atoms with Crippen LogP contribution in [-0.4, -0.2) is 18.9 Å². The molecule has 0 spiro atoms. The summed E-state index contributed by atoms with van der Waals surface area (Å²) in [5.74, 6) is -0.170. The molecule has 0 radical (unpaired) electrons. The van der Waals surface area contributed by atoms with Crippen molar-refractivity contribution in [1.29, 1.82) is 0 Å². The Morgan fingerprint density at radius 1 is 0.955 bits per heavy atom. The van der Waals surface area contributed by atoms with Gasteiger partial charge in [-0.3, -0.25) is 4.79 Å². The van der Waals surface area contributed by atoms with Crippen LogP contribution in [0.3, 0.4) is 0 Å². The van der Waals surface area contributed by atoms with Crippen molar-refractivity contribution in [2.45, 2.75) is 0 Å². The number of ketones is 1. The van der Waals surface area contributed by atoms with Crippen molar-refractivity contribution in [2.24, 2.45) is 0 Å². The summed E-state index contributed by atoms with van der Waals surface area (Å²) in [5.41, 5.74) is 0.825. The summed E-state index contributed by atoms with van der Waals surface area (Å²) in [6, 6.07) is 12.9. The highest BCUT2D eigenvalue weighted by molar-refractivity contribution is 6.30. The Morgan fingerprint density at radius 2 is 1.55 bits per heavy atom. The minimum atomic E-state index is -0.560. The van der Waals surface area contributed by atoms with Crippen LogP contribution in [0.15, 0.2) is 60.9 Å². The van der Waals surface area contributed by atoms with Crippen LogP contribution in [0.5, 0.6) is 5.75 Å². The Kier molecular flexibility index (Phi) is 5.33. The van der Waals surface area contributed by atoms with E-state index in [2.05, 4.69) is 0 Å². The van der Waals surface area contributed by atoms with E-state index < -0.39 is 5.97 Å². The van der Waals surface area contributed by atoms with Crippen LogP contribution >= 0.6 is 11.6 Å². The fourth-order valence-electron chi connectivity index (χ4n) is 1.66. The zero-order valence-corrected chi connectivity index (χ0v) is 12.5. The van der Waals surface area contributed by atoms with Gasteiger partial charge in [-0.05, 0) is 48.5 Å². The Labute approximate surface area is 132 Å². The van der Waals surface area contributed by atoms with Crippen LogP contribution in [0.2, 0.25) is 5.02 Å². The van der Waals surface area contributed by atoms with E-state index in [9.17, 15) is 9.59 Å². The number of rotatable bonds is 5. The topological polar surface area (TPSA) is 52.6 Å². The second-order valence-electron chi connectivity index (χ2n) is 4.31. The van der Waals surface area contributed by atoms with Gasteiger partial charge in [-0.25, -0.2) is 4.79 Å². The summed E-state index contributed by atoms with van der Waals surface area (Å²) in [4.78, 5) is 23.6. The Hall–Kier alpha value is -2.59. The largest absolute Gasteiger partial charge is 0.497 e. The van der Waals surface area contributed by atoms with E-state index >= 15 is 0 Å². The van der Waals surface area contributed by atoms with E-state index in [1.165, 1.54) is 6.08 Å². The lowest BCUT2D eigenvalue weighted by molar-refractivity contribution is 0.0662. The molecule has 0 unspecified atom stereocenters. The molecule has 0 amide bonds. The molecule has 0 N–H and O–H groups in total. The number of carbonyl (C=O) groups is 2. The Morgan fingerprint density at radius 3 is 2.14 bits per heavy atom. The van der Waals surface area contributed by atoms with Gasteiger partial charge in [0.15, 0.2) is 5.78 Å². The summed E-state index contributed by atoms with van der Waals surface area (Å²) >= 11 is 5.73. The summed E-state index contributed by atoms with van der Waals surface area (Å²) in [7, 11) is 1.55. The molecule has 0 fully saturated rings. The number of benzene rings is 2. The van der Waals surface area contributed by atoms with Gasteiger partial charge in [0.05, 0.1) is 18.9 Å². The van der Waals surface area contributed by atoms with Gasteiger partial charge < -0.3 is 9.47 Å². The van der Waals surface area contributed by atoms with E-state index in [0.29, 0.717) is 21.9 Å². The third kappa shape index (κ3) is 4.20. The monoisotopic (exact) mass is 316 g/mol. The number of ether oxygens (including phenoxy) is 2. The Balaban J connectivity index is 1.94. The second kappa shape index (κ2) is 7.43. The number of methoxy groups -OCH3 is 1. The summed E-state index contributed by atoms with van der Waals surface area (Å²) in [6.07, 6.45) is 2.26. The summed E-state index contributed by atoms with van der Waals surface area (Å²) < 4.78 is 9.91. The first-order valence-corrected chi connectivity index (χ1v) is 6.79. The molecule has 0 saturated heterocycles. The van der Waals surface area contributed by atoms with Crippen molar-refractivity contribution in [3.63, 3.8) is 0 Å². The molecule has 0 saturated carbocycles. The lowest BCUT2D eigenvalue weighted by Crippen LogP contribution is -2.01. The maximum absolute atomic E-state index is 11.9. The zero-order valence-electron chi connectivity index (χ0n) is 11.8. The first-order chi connectivity index (χ1) is 10.6. The predicted molar refractivity (Wildman–Crippen MR) is 83.3 cm³/mol. The molecule has 0 aliphatic heterocycles. The van der Waals surface area contributed by atoms with Crippen molar-refractivity contribution in [1.82, 2.24) is 0 Å². The van der Waals surface area contributed by atoms with Crippen LogP contribution < -0.4 is 4.74 Å². The molecular formula is C17H13ClO4.